The first kappa shape index (κ1) is 14.3. The van der Waals surface area contributed by atoms with Crippen molar-refractivity contribution in [1.29, 1.82) is 0 Å². The zero-order chi connectivity index (χ0) is 13.8. The van der Waals surface area contributed by atoms with Crippen LogP contribution in [0.15, 0.2) is 18.2 Å². The highest BCUT2D eigenvalue weighted by Gasteiger charge is 2.25. The van der Waals surface area contributed by atoms with E-state index in [9.17, 15) is 13.6 Å². The van der Waals surface area contributed by atoms with Gasteiger partial charge >= 0.3 is 0 Å². The minimum Gasteiger partial charge on any atom is -0.355 e. The number of carbonyl (C=O) groups is 1. The monoisotopic (exact) mass is 287 g/mol. The zero-order valence-electron chi connectivity index (χ0n) is 10.5. The van der Waals surface area contributed by atoms with Crippen LogP contribution in [-0.4, -0.2) is 17.8 Å². The third-order valence-electron chi connectivity index (χ3n) is 3.48. The van der Waals surface area contributed by atoms with Gasteiger partial charge in [0, 0.05) is 11.9 Å². The summed E-state index contributed by atoms with van der Waals surface area (Å²) >= 11 is 6.12. The summed E-state index contributed by atoms with van der Waals surface area (Å²) in [4.78, 5) is 11.7. The van der Waals surface area contributed by atoms with Crippen molar-refractivity contribution in [3.8, 4) is 0 Å². The largest absolute Gasteiger partial charge is 0.355 e. The summed E-state index contributed by atoms with van der Waals surface area (Å²) in [7, 11) is 0. The van der Waals surface area contributed by atoms with Crippen molar-refractivity contribution >= 4 is 17.5 Å². The molecule has 0 heterocycles. The van der Waals surface area contributed by atoms with Gasteiger partial charge in [-0.2, -0.15) is 0 Å². The maximum atomic E-state index is 13.0. The molecule has 2 nitrogen and oxygen atoms in total. The molecule has 19 heavy (non-hydrogen) atoms. The van der Waals surface area contributed by atoms with E-state index in [1.807, 2.05) is 0 Å². The van der Waals surface area contributed by atoms with E-state index in [2.05, 4.69) is 5.32 Å². The van der Waals surface area contributed by atoms with Crippen LogP contribution in [0.3, 0.4) is 0 Å². The number of benzene rings is 1. The van der Waals surface area contributed by atoms with Crippen LogP contribution in [0.4, 0.5) is 8.78 Å². The van der Waals surface area contributed by atoms with Crippen molar-refractivity contribution in [3.05, 3.63) is 35.4 Å². The summed E-state index contributed by atoms with van der Waals surface area (Å²) in [6.07, 6.45) is 3.17. The highest BCUT2D eigenvalue weighted by atomic mass is 35.5. The van der Waals surface area contributed by atoms with E-state index >= 15 is 0 Å². The molecule has 1 aromatic carbocycles. The Morgan fingerprint density at radius 1 is 1.32 bits per heavy atom. The number of carbonyl (C=O) groups excluding carboxylic acids is 1. The van der Waals surface area contributed by atoms with Crippen LogP contribution >= 0.6 is 11.6 Å². The number of amides is 1. The molecule has 1 aromatic rings. The van der Waals surface area contributed by atoms with Crippen molar-refractivity contribution in [2.75, 3.05) is 6.54 Å². The number of hydrogen-bond donors (Lipinski definition) is 1. The van der Waals surface area contributed by atoms with Crippen LogP contribution in [-0.2, 0) is 11.2 Å². The molecule has 1 amide bonds. The van der Waals surface area contributed by atoms with Crippen molar-refractivity contribution in [2.24, 2.45) is 5.92 Å². The Morgan fingerprint density at radius 3 is 2.74 bits per heavy atom. The second-order valence-corrected chi connectivity index (χ2v) is 5.50. The molecule has 0 spiro atoms. The molecule has 0 saturated heterocycles. The van der Waals surface area contributed by atoms with Crippen LogP contribution < -0.4 is 5.32 Å². The van der Waals surface area contributed by atoms with E-state index in [4.69, 9.17) is 11.6 Å². The van der Waals surface area contributed by atoms with Gasteiger partial charge < -0.3 is 5.32 Å². The lowest BCUT2D eigenvalue weighted by atomic mass is 10.1. The first-order valence-corrected chi connectivity index (χ1v) is 6.84. The average molecular weight is 288 g/mol. The maximum absolute atomic E-state index is 13.0. The summed E-state index contributed by atoms with van der Waals surface area (Å²) in [5.74, 6) is -1.71. The maximum Gasteiger partial charge on any atom is 0.224 e. The topological polar surface area (TPSA) is 29.1 Å². The molecule has 1 N–H and O–H groups in total. The predicted molar refractivity (Wildman–Crippen MR) is 70.1 cm³/mol. The summed E-state index contributed by atoms with van der Waals surface area (Å²) in [5.41, 5.74) is 0.463. The molecule has 1 aliphatic carbocycles. The van der Waals surface area contributed by atoms with Gasteiger partial charge in [-0.1, -0.05) is 12.5 Å². The fourth-order valence-electron chi connectivity index (χ4n) is 2.36. The fraction of sp³-hybridized carbons (Fsp3) is 0.500. The Hall–Kier alpha value is -1.16. The molecule has 0 aromatic heterocycles. The van der Waals surface area contributed by atoms with Gasteiger partial charge in [0.05, 0.1) is 6.42 Å². The first-order valence-electron chi connectivity index (χ1n) is 6.41. The quantitative estimate of drug-likeness (QED) is 0.848. The Morgan fingerprint density at radius 2 is 2.11 bits per heavy atom. The van der Waals surface area contributed by atoms with Gasteiger partial charge in [-0.25, -0.2) is 8.78 Å². The average Bonchev–Trinajstić information content (AvgIpc) is 2.77. The van der Waals surface area contributed by atoms with Gasteiger partial charge in [0.25, 0.3) is 0 Å². The standard InChI is InChI=1S/C14H16ClF2NO/c15-11-3-1-2-10(11)8-18-14(19)7-9-4-5-12(16)13(17)6-9/h4-6,10-11H,1-3,7-8H2,(H,18,19). The summed E-state index contributed by atoms with van der Waals surface area (Å²) in [5, 5.41) is 2.93. The van der Waals surface area contributed by atoms with Gasteiger partial charge in [0.1, 0.15) is 0 Å². The van der Waals surface area contributed by atoms with E-state index in [-0.39, 0.29) is 17.7 Å². The smallest absolute Gasteiger partial charge is 0.224 e. The fourth-order valence-corrected chi connectivity index (χ4v) is 2.73. The van der Waals surface area contributed by atoms with Crippen LogP contribution in [0.2, 0.25) is 0 Å². The first-order chi connectivity index (χ1) is 9.06. The van der Waals surface area contributed by atoms with E-state index in [0.29, 0.717) is 18.0 Å². The molecule has 2 unspecified atom stereocenters. The number of nitrogens with one attached hydrogen (secondary N) is 1. The van der Waals surface area contributed by atoms with Crippen LogP contribution in [0.5, 0.6) is 0 Å². The van der Waals surface area contributed by atoms with Crippen molar-refractivity contribution < 1.29 is 13.6 Å². The van der Waals surface area contributed by atoms with E-state index in [1.165, 1.54) is 6.07 Å². The molecule has 1 fully saturated rings. The van der Waals surface area contributed by atoms with Gasteiger partial charge in [-0.05, 0) is 36.5 Å². The molecule has 0 radical (unpaired) electrons. The van der Waals surface area contributed by atoms with E-state index < -0.39 is 11.6 Å². The Kier molecular flexibility index (Phi) is 4.75. The third-order valence-corrected chi connectivity index (χ3v) is 4.05. The molecule has 2 rings (SSSR count). The number of alkyl halides is 1. The van der Waals surface area contributed by atoms with Gasteiger partial charge in [0.15, 0.2) is 11.6 Å². The molecule has 0 aliphatic heterocycles. The molecule has 0 bridgehead atoms. The second-order valence-electron chi connectivity index (χ2n) is 4.94. The lowest BCUT2D eigenvalue weighted by molar-refractivity contribution is -0.120. The molecule has 1 saturated carbocycles. The Bertz CT molecular complexity index is 467. The number of rotatable bonds is 4. The predicted octanol–water partition coefficient (Wildman–Crippen LogP) is 3.03. The van der Waals surface area contributed by atoms with Gasteiger partial charge in [-0.3, -0.25) is 4.79 Å². The minimum atomic E-state index is -0.929. The van der Waals surface area contributed by atoms with E-state index in [0.717, 1.165) is 31.4 Å². The summed E-state index contributed by atoms with van der Waals surface area (Å²) in [6, 6.07) is 3.50. The van der Waals surface area contributed by atoms with Crippen molar-refractivity contribution in [1.82, 2.24) is 5.32 Å². The lowest BCUT2D eigenvalue weighted by Gasteiger charge is -2.14. The number of halogens is 3. The minimum absolute atomic E-state index is 0.0525. The van der Waals surface area contributed by atoms with E-state index in [1.54, 1.807) is 0 Å². The van der Waals surface area contributed by atoms with Gasteiger partial charge in [-0.15, -0.1) is 11.6 Å². The molecular weight excluding hydrogens is 272 g/mol. The third kappa shape index (κ3) is 3.90. The molecule has 1 aliphatic rings. The SMILES string of the molecule is O=C(Cc1ccc(F)c(F)c1)NCC1CCCC1Cl. The summed E-state index contributed by atoms with van der Waals surface area (Å²) in [6.45, 7) is 0.552. The number of hydrogen-bond acceptors (Lipinski definition) is 1. The van der Waals surface area contributed by atoms with Crippen LogP contribution in [0, 0.1) is 17.6 Å². The lowest BCUT2D eigenvalue weighted by Crippen LogP contribution is -2.32. The van der Waals surface area contributed by atoms with Crippen molar-refractivity contribution in [2.45, 2.75) is 31.1 Å². The van der Waals surface area contributed by atoms with Crippen LogP contribution in [0.25, 0.3) is 0 Å². The molecule has 2 atom stereocenters. The Balaban J connectivity index is 1.82. The van der Waals surface area contributed by atoms with Gasteiger partial charge in [0.2, 0.25) is 5.91 Å². The second kappa shape index (κ2) is 6.33. The molecule has 5 heteroatoms. The molecule has 104 valence electrons. The Labute approximate surface area is 116 Å². The highest BCUT2D eigenvalue weighted by Crippen LogP contribution is 2.29. The summed E-state index contributed by atoms with van der Waals surface area (Å²) < 4.78 is 25.7. The van der Waals surface area contributed by atoms with Crippen molar-refractivity contribution in [3.63, 3.8) is 0 Å². The van der Waals surface area contributed by atoms with Crippen LogP contribution in [0.1, 0.15) is 24.8 Å². The molecular formula is C14H16ClF2NO. The zero-order valence-corrected chi connectivity index (χ0v) is 11.2. The highest BCUT2D eigenvalue weighted by molar-refractivity contribution is 6.20. The normalized spacial score (nSPS) is 22.5.